The van der Waals surface area contributed by atoms with Crippen molar-refractivity contribution in [3.63, 3.8) is 0 Å². The molecule has 2 heterocycles. The van der Waals surface area contributed by atoms with Crippen LogP contribution in [0.15, 0.2) is 77.9 Å². The van der Waals surface area contributed by atoms with Crippen LogP contribution in [0.5, 0.6) is 11.5 Å². The van der Waals surface area contributed by atoms with E-state index in [4.69, 9.17) is 25.5 Å². The Labute approximate surface area is 249 Å². The summed E-state index contributed by atoms with van der Waals surface area (Å²) in [6.45, 7) is 3.51. The monoisotopic (exact) mass is 687 g/mol. The van der Waals surface area contributed by atoms with Crippen LogP contribution in [-0.2, 0) is 4.79 Å². The molecule has 3 aromatic carbocycles. The third-order valence-electron chi connectivity index (χ3n) is 5.86. The largest absolute Gasteiger partial charge is 0.490 e. The first-order chi connectivity index (χ1) is 19.2. The van der Waals surface area contributed by atoms with Crippen LogP contribution in [0.4, 0.5) is 0 Å². The Morgan fingerprint density at radius 2 is 1.98 bits per heavy atom. The number of ether oxygens (including phenoxy) is 2. The minimum atomic E-state index is -1.13. The van der Waals surface area contributed by atoms with Crippen molar-refractivity contribution in [1.82, 2.24) is 9.66 Å². The zero-order valence-corrected chi connectivity index (χ0v) is 24.9. The molecule has 204 valence electrons. The maximum atomic E-state index is 13.6. The number of nitrogens with zero attached hydrogens (tertiary/aromatic N) is 3. The minimum Gasteiger partial charge on any atom is -0.490 e. The molecule has 40 heavy (non-hydrogen) atoms. The lowest BCUT2D eigenvalue weighted by atomic mass is 10.2. The Kier molecular flexibility index (Phi) is 7.97. The number of furan rings is 1. The number of carboxylic acid groups (broad SMARTS) is 1. The zero-order chi connectivity index (χ0) is 28.6. The van der Waals surface area contributed by atoms with Gasteiger partial charge >= 0.3 is 5.97 Å². The van der Waals surface area contributed by atoms with Gasteiger partial charge in [-0.2, -0.15) is 9.78 Å². The van der Waals surface area contributed by atoms with Gasteiger partial charge in [-0.1, -0.05) is 23.7 Å². The first-order valence-corrected chi connectivity index (χ1v) is 13.9. The number of hydrogen-bond acceptors (Lipinski definition) is 7. The van der Waals surface area contributed by atoms with E-state index in [0.717, 1.165) is 5.39 Å². The van der Waals surface area contributed by atoms with Crippen LogP contribution in [0.2, 0.25) is 5.02 Å². The van der Waals surface area contributed by atoms with E-state index in [2.05, 4.69) is 41.9 Å². The molecule has 1 atom stereocenters. The Balaban J connectivity index is 1.67. The number of rotatable bonds is 8. The summed E-state index contributed by atoms with van der Waals surface area (Å²) in [5.41, 5.74) is 1.19. The Morgan fingerprint density at radius 3 is 2.73 bits per heavy atom. The fourth-order valence-electron chi connectivity index (χ4n) is 3.93. The molecule has 0 fully saturated rings. The van der Waals surface area contributed by atoms with Gasteiger partial charge in [-0.3, -0.25) is 4.79 Å². The second-order valence-electron chi connectivity index (χ2n) is 8.56. The number of hydrogen-bond donors (Lipinski definition) is 1. The molecule has 0 spiro atoms. The molecule has 0 aliphatic carbocycles. The van der Waals surface area contributed by atoms with E-state index in [9.17, 15) is 14.7 Å². The van der Waals surface area contributed by atoms with Gasteiger partial charge in [0, 0.05) is 20.4 Å². The third-order valence-corrected chi connectivity index (χ3v) is 8.24. The quantitative estimate of drug-likeness (QED) is 0.173. The van der Waals surface area contributed by atoms with Crippen molar-refractivity contribution in [2.24, 2.45) is 5.10 Å². The summed E-state index contributed by atoms with van der Waals surface area (Å²) in [6, 6.07) is 15.6. The van der Waals surface area contributed by atoms with E-state index in [0.29, 0.717) is 54.1 Å². The van der Waals surface area contributed by atoms with Crippen molar-refractivity contribution in [3.05, 3.63) is 84.5 Å². The molecular weight excluding hydrogens is 670 g/mol. The van der Waals surface area contributed by atoms with Gasteiger partial charge in [-0.25, -0.2) is 9.78 Å². The number of benzene rings is 3. The van der Waals surface area contributed by atoms with Gasteiger partial charge in [0.05, 0.1) is 28.2 Å². The summed E-state index contributed by atoms with van der Waals surface area (Å²) in [6.07, 6.45) is 0.341. The number of carboxylic acids is 1. The molecule has 0 aliphatic rings. The summed E-state index contributed by atoms with van der Waals surface area (Å²) in [7, 11) is 0. The summed E-state index contributed by atoms with van der Waals surface area (Å²) in [5, 5.41) is 15.5. The molecule has 0 radical (unpaired) electrons. The number of carbonyl (C=O) groups is 1. The lowest BCUT2D eigenvalue weighted by molar-refractivity contribution is -0.144. The van der Waals surface area contributed by atoms with Crippen LogP contribution in [0.1, 0.15) is 19.4 Å². The third kappa shape index (κ3) is 5.36. The molecule has 9 nitrogen and oxygen atoms in total. The van der Waals surface area contributed by atoms with Crippen LogP contribution in [0, 0.1) is 0 Å². The highest BCUT2D eigenvalue weighted by Crippen LogP contribution is 2.43. The van der Waals surface area contributed by atoms with E-state index in [-0.39, 0.29) is 11.6 Å². The molecule has 5 aromatic rings. The van der Waals surface area contributed by atoms with Gasteiger partial charge in [0.2, 0.25) is 5.82 Å². The second-order valence-corrected chi connectivity index (χ2v) is 10.6. The van der Waals surface area contributed by atoms with E-state index < -0.39 is 17.6 Å². The van der Waals surface area contributed by atoms with Crippen molar-refractivity contribution in [3.8, 4) is 23.1 Å². The standard InChI is InChI=1S/C28H20Br2ClN3O6/c1-3-38-21-12-16(23(29)24(30)25(21)39-14(2)28(36)37)13-32-34-26(33-19-7-5-4-6-18(19)27(34)35)22-11-15-10-17(31)8-9-20(15)40-22/h4-14H,3H2,1-2H3,(H,36,37)/t14-/m0/s1. The Bertz CT molecular complexity index is 1870. The summed E-state index contributed by atoms with van der Waals surface area (Å²) < 4.78 is 19.5. The molecule has 12 heteroatoms. The van der Waals surface area contributed by atoms with Gasteiger partial charge in [-0.05, 0) is 88.2 Å². The van der Waals surface area contributed by atoms with Crippen LogP contribution in [-0.4, -0.2) is 39.7 Å². The van der Waals surface area contributed by atoms with Crippen LogP contribution in [0.25, 0.3) is 33.5 Å². The molecule has 1 N–H and O–H groups in total. The van der Waals surface area contributed by atoms with Gasteiger partial charge in [0.25, 0.3) is 5.56 Å². The SMILES string of the molecule is CCOc1cc(C=Nn2c(-c3cc4cc(Cl)ccc4o3)nc3ccccc3c2=O)c(Br)c(Br)c1O[C@@H](C)C(=O)O. The van der Waals surface area contributed by atoms with Crippen molar-refractivity contribution in [2.45, 2.75) is 20.0 Å². The normalized spacial score (nSPS) is 12.3. The van der Waals surface area contributed by atoms with Gasteiger partial charge in [0.15, 0.2) is 23.4 Å². The van der Waals surface area contributed by atoms with Crippen LogP contribution in [0.3, 0.4) is 0 Å². The van der Waals surface area contributed by atoms with Crippen molar-refractivity contribution >= 4 is 77.5 Å². The smallest absolute Gasteiger partial charge is 0.344 e. The molecule has 0 bridgehead atoms. The average Bonchev–Trinajstić information content (AvgIpc) is 3.35. The highest BCUT2D eigenvalue weighted by molar-refractivity contribution is 9.13. The molecule has 5 rings (SSSR count). The Morgan fingerprint density at radius 1 is 1.20 bits per heavy atom. The predicted octanol–water partition coefficient (Wildman–Crippen LogP) is 7.12. The van der Waals surface area contributed by atoms with E-state index >= 15 is 0 Å². The average molecular weight is 690 g/mol. The van der Waals surface area contributed by atoms with E-state index in [1.165, 1.54) is 17.8 Å². The number of fused-ring (bicyclic) bond motifs is 2. The molecule has 0 aliphatic heterocycles. The first-order valence-electron chi connectivity index (χ1n) is 12.0. The number of aromatic nitrogens is 2. The fourth-order valence-corrected chi connectivity index (χ4v) is 5.03. The van der Waals surface area contributed by atoms with E-state index in [1.54, 1.807) is 61.5 Å². The highest BCUT2D eigenvalue weighted by Gasteiger charge is 2.22. The van der Waals surface area contributed by atoms with Gasteiger partial charge in [0.1, 0.15) is 5.58 Å². The molecule has 0 saturated carbocycles. The summed E-state index contributed by atoms with van der Waals surface area (Å²) in [5.74, 6) is -0.0845. The maximum Gasteiger partial charge on any atom is 0.344 e. The lowest BCUT2D eigenvalue weighted by Gasteiger charge is -2.18. The summed E-state index contributed by atoms with van der Waals surface area (Å²) >= 11 is 13.1. The Hall–Kier alpha value is -3.67. The molecule has 0 saturated heterocycles. The van der Waals surface area contributed by atoms with E-state index in [1.807, 2.05) is 0 Å². The number of halogens is 3. The topological polar surface area (TPSA) is 116 Å². The summed E-state index contributed by atoms with van der Waals surface area (Å²) in [4.78, 5) is 29.7. The second kappa shape index (κ2) is 11.4. The maximum absolute atomic E-state index is 13.6. The molecule has 0 unspecified atom stereocenters. The van der Waals surface area contributed by atoms with Crippen LogP contribution >= 0.6 is 43.5 Å². The molecule has 2 aromatic heterocycles. The predicted molar refractivity (Wildman–Crippen MR) is 160 cm³/mol. The van der Waals surface area contributed by atoms with Gasteiger partial charge < -0.3 is 19.0 Å². The first kappa shape index (κ1) is 27.9. The van der Waals surface area contributed by atoms with Crippen molar-refractivity contribution in [2.75, 3.05) is 6.61 Å². The minimum absolute atomic E-state index is 0.197. The highest BCUT2D eigenvalue weighted by atomic mass is 79.9. The van der Waals surface area contributed by atoms with Gasteiger partial charge in [-0.15, -0.1) is 0 Å². The number of aliphatic carboxylic acids is 1. The number of para-hydroxylation sites is 1. The molecule has 0 amide bonds. The molecular formula is C28H20Br2ClN3O6. The lowest BCUT2D eigenvalue weighted by Crippen LogP contribution is -2.23. The zero-order valence-electron chi connectivity index (χ0n) is 21.0. The van der Waals surface area contributed by atoms with Crippen LogP contribution < -0.4 is 15.0 Å². The van der Waals surface area contributed by atoms with Crippen molar-refractivity contribution in [1.29, 1.82) is 0 Å². The van der Waals surface area contributed by atoms with Crippen molar-refractivity contribution < 1.29 is 23.8 Å². The fraction of sp³-hybridized carbons (Fsp3) is 0.143.